The fraction of sp³-hybridized carbons (Fsp3) is 0.278. The second-order valence-electron chi connectivity index (χ2n) is 5.20. The van der Waals surface area contributed by atoms with Crippen molar-refractivity contribution < 1.29 is 14.3 Å². The van der Waals surface area contributed by atoms with Gasteiger partial charge in [0.2, 0.25) is 0 Å². The molecule has 6 heteroatoms. The number of terminal acetylenes is 1. The highest BCUT2D eigenvalue weighted by atomic mass is 16.5. The molecule has 0 spiro atoms. The minimum absolute atomic E-state index is 0.275. The molecule has 0 aliphatic carbocycles. The lowest BCUT2D eigenvalue weighted by Gasteiger charge is -2.17. The fourth-order valence-corrected chi connectivity index (χ4v) is 2.07. The van der Waals surface area contributed by atoms with E-state index >= 15 is 0 Å². The first-order chi connectivity index (χ1) is 11.6. The number of carbonyl (C=O) groups excluding carboxylic acids is 2. The van der Waals surface area contributed by atoms with Crippen LogP contribution in [0.2, 0.25) is 0 Å². The standard InChI is InChI=1S/C18H19N3O3/c1-3-9-24-18(23)16(10-15-11-19-12-20-15)21-17(22)14-7-5-13(4-2)6-8-14/h2,5-8,11-12,16H,3,9-10H2,1H3,(H,19,20)(H,21,22)/t16-/m1/s1. The molecule has 24 heavy (non-hydrogen) atoms. The highest BCUT2D eigenvalue weighted by molar-refractivity contribution is 5.96. The van der Waals surface area contributed by atoms with Crippen LogP contribution in [0.3, 0.4) is 0 Å². The van der Waals surface area contributed by atoms with Gasteiger partial charge in [0.1, 0.15) is 6.04 Å². The monoisotopic (exact) mass is 325 g/mol. The maximum absolute atomic E-state index is 12.4. The number of H-pyrrole nitrogens is 1. The van der Waals surface area contributed by atoms with E-state index in [2.05, 4.69) is 21.2 Å². The van der Waals surface area contributed by atoms with Crippen LogP contribution >= 0.6 is 0 Å². The molecular weight excluding hydrogens is 306 g/mol. The second kappa shape index (κ2) is 8.53. The minimum atomic E-state index is -0.795. The van der Waals surface area contributed by atoms with Gasteiger partial charge in [-0.05, 0) is 30.7 Å². The van der Waals surface area contributed by atoms with E-state index < -0.39 is 12.0 Å². The van der Waals surface area contributed by atoms with Crippen molar-refractivity contribution in [1.82, 2.24) is 15.3 Å². The summed E-state index contributed by atoms with van der Waals surface area (Å²) in [5.74, 6) is 1.65. The molecule has 1 amide bonds. The highest BCUT2D eigenvalue weighted by Gasteiger charge is 2.23. The number of nitrogens with one attached hydrogen (secondary N) is 2. The van der Waals surface area contributed by atoms with E-state index in [4.69, 9.17) is 11.2 Å². The molecule has 1 heterocycles. The zero-order chi connectivity index (χ0) is 17.4. The van der Waals surface area contributed by atoms with E-state index in [0.717, 1.165) is 5.69 Å². The number of carbonyl (C=O) groups is 2. The van der Waals surface area contributed by atoms with Crippen molar-refractivity contribution in [2.24, 2.45) is 0 Å². The van der Waals surface area contributed by atoms with Gasteiger partial charge in [-0.15, -0.1) is 6.42 Å². The first-order valence-electron chi connectivity index (χ1n) is 7.65. The van der Waals surface area contributed by atoms with Crippen molar-refractivity contribution in [1.29, 1.82) is 0 Å². The van der Waals surface area contributed by atoms with Gasteiger partial charge in [-0.2, -0.15) is 0 Å². The lowest BCUT2D eigenvalue weighted by molar-refractivity contribution is -0.145. The minimum Gasteiger partial charge on any atom is -0.464 e. The van der Waals surface area contributed by atoms with Crippen molar-refractivity contribution in [2.45, 2.75) is 25.8 Å². The third kappa shape index (κ3) is 4.71. The summed E-state index contributed by atoms with van der Waals surface area (Å²) in [5.41, 5.74) is 1.84. The molecule has 0 saturated heterocycles. The van der Waals surface area contributed by atoms with E-state index in [9.17, 15) is 9.59 Å². The van der Waals surface area contributed by atoms with Gasteiger partial charge in [0.25, 0.3) is 5.91 Å². The molecule has 2 N–H and O–H groups in total. The zero-order valence-corrected chi connectivity index (χ0v) is 13.4. The van der Waals surface area contributed by atoms with Gasteiger partial charge in [-0.1, -0.05) is 12.8 Å². The van der Waals surface area contributed by atoms with Crippen molar-refractivity contribution in [3.63, 3.8) is 0 Å². The Morgan fingerprint density at radius 3 is 2.71 bits per heavy atom. The van der Waals surface area contributed by atoms with Crippen molar-refractivity contribution in [3.05, 3.63) is 53.6 Å². The van der Waals surface area contributed by atoms with Crippen LogP contribution in [0.25, 0.3) is 0 Å². The zero-order valence-electron chi connectivity index (χ0n) is 13.4. The lowest BCUT2D eigenvalue weighted by Crippen LogP contribution is -2.43. The number of imidazole rings is 1. The van der Waals surface area contributed by atoms with Gasteiger partial charge in [-0.3, -0.25) is 4.79 Å². The summed E-state index contributed by atoms with van der Waals surface area (Å²) in [6.45, 7) is 2.22. The van der Waals surface area contributed by atoms with E-state index in [-0.39, 0.29) is 12.3 Å². The number of hydrogen-bond donors (Lipinski definition) is 2. The van der Waals surface area contributed by atoms with Crippen LogP contribution in [0.1, 0.15) is 35.0 Å². The van der Waals surface area contributed by atoms with Crippen molar-refractivity contribution >= 4 is 11.9 Å². The Morgan fingerprint density at radius 2 is 2.12 bits per heavy atom. The number of benzene rings is 1. The molecule has 0 unspecified atom stereocenters. The summed E-state index contributed by atoms with van der Waals surface area (Å²) in [6.07, 6.45) is 9.41. The Balaban J connectivity index is 2.09. The molecule has 2 aromatic rings. The van der Waals surface area contributed by atoms with Crippen molar-refractivity contribution in [3.8, 4) is 12.3 Å². The first-order valence-corrected chi connectivity index (χ1v) is 7.65. The maximum Gasteiger partial charge on any atom is 0.329 e. The number of aromatic nitrogens is 2. The molecule has 2 rings (SSSR count). The Hall–Kier alpha value is -3.07. The van der Waals surface area contributed by atoms with E-state index in [1.54, 1.807) is 30.5 Å². The number of ether oxygens (including phenoxy) is 1. The molecule has 1 atom stereocenters. The second-order valence-corrected chi connectivity index (χ2v) is 5.20. The number of nitrogens with zero attached hydrogens (tertiary/aromatic N) is 1. The first kappa shape index (κ1) is 17.3. The summed E-state index contributed by atoms with van der Waals surface area (Å²) in [4.78, 5) is 31.4. The number of hydrogen-bond acceptors (Lipinski definition) is 4. The van der Waals surface area contributed by atoms with Gasteiger partial charge in [0.15, 0.2) is 0 Å². The lowest BCUT2D eigenvalue weighted by atomic mass is 10.1. The summed E-state index contributed by atoms with van der Waals surface area (Å²) in [7, 11) is 0. The Bertz CT molecular complexity index is 715. The molecule has 0 radical (unpaired) electrons. The predicted octanol–water partition coefficient (Wildman–Crippen LogP) is 1.69. The summed E-state index contributed by atoms with van der Waals surface area (Å²) in [6, 6.07) is 5.80. The van der Waals surface area contributed by atoms with Crippen molar-refractivity contribution in [2.75, 3.05) is 6.61 Å². The van der Waals surface area contributed by atoms with Crippen LogP contribution in [0.15, 0.2) is 36.8 Å². The van der Waals surface area contributed by atoms with Crippen LogP contribution < -0.4 is 5.32 Å². The number of amides is 1. The number of rotatable bonds is 7. The fourth-order valence-electron chi connectivity index (χ4n) is 2.07. The molecule has 124 valence electrons. The normalized spacial score (nSPS) is 11.3. The third-order valence-corrected chi connectivity index (χ3v) is 3.33. The molecule has 0 aliphatic heterocycles. The number of aromatic amines is 1. The van der Waals surface area contributed by atoms with Gasteiger partial charge < -0.3 is 15.0 Å². The Morgan fingerprint density at radius 1 is 1.38 bits per heavy atom. The molecule has 1 aromatic carbocycles. The van der Waals surface area contributed by atoms with Crippen LogP contribution in [-0.4, -0.2) is 34.5 Å². The molecule has 0 fully saturated rings. The van der Waals surface area contributed by atoms with E-state index in [1.807, 2.05) is 6.92 Å². The summed E-state index contributed by atoms with van der Waals surface area (Å²) in [5, 5.41) is 2.70. The van der Waals surface area contributed by atoms with Gasteiger partial charge in [0.05, 0.1) is 12.9 Å². The molecule has 6 nitrogen and oxygen atoms in total. The Kier molecular flexibility index (Phi) is 6.15. The van der Waals surface area contributed by atoms with Crippen LogP contribution in [0.4, 0.5) is 0 Å². The molecule has 0 bridgehead atoms. The van der Waals surface area contributed by atoms with Gasteiger partial charge in [0, 0.05) is 29.4 Å². The highest BCUT2D eigenvalue weighted by Crippen LogP contribution is 2.06. The van der Waals surface area contributed by atoms with Crippen LogP contribution in [0, 0.1) is 12.3 Å². The average Bonchev–Trinajstić information content (AvgIpc) is 3.12. The van der Waals surface area contributed by atoms with Gasteiger partial charge in [-0.25, -0.2) is 9.78 Å². The predicted molar refractivity (Wildman–Crippen MR) is 89.2 cm³/mol. The summed E-state index contributed by atoms with van der Waals surface area (Å²) >= 11 is 0. The quantitative estimate of drug-likeness (QED) is 0.599. The van der Waals surface area contributed by atoms with Crippen LogP contribution in [0.5, 0.6) is 0 Å². The molecule has 1 aromatic heterocycles. The maximum atomic E-state index is 12.4. The van der Waals surface area contributed by atoms with Gasteiger partial charge >= 0.3 is 5.97 Å². The van der Waals surface area contributed by atoms with E-state index in [0.29, 0.717) is 24.2 Å². The molecular formula is C18H19N3O3. The average molecular weight is 325 g/mol. The molecule has 0 aliphatic rings. The third-order valence-electron chi connectivity index (χ3n) is 3.33. The van der Waals surface area contributed by atoms with E-state index in [1.165, 1.54) is 6.33 Å². The van der Waals surface area contributed by atoms with Crippen LogP contribution in [-0.2, 0) is 16.0 Å². The SMILES string of the molecule is C#Cc1ccc(C(=O)N[C@H](Cc2cnc[nH]2)C(=O)OCCC)cc1. The topological polar surface area (TPSA) is 84.1 Å². The Labute approximate surface area is 140 Å². The largest absolute Gasteiger partial charge is 0.464 e. The smallest absolute Gasteiger partial charge is 0.329 e. The molecule has 0 saturated carbocycles. The summed E-state index contributed by atoms with van der Waals surface area (Å²) < 4.78 is 5.16. The number of esters is 1.